The maximum absolute atomic E-state index is 10.3. The first kappa shape index (κ1) is 13.8. The minimum absolute atomic E-state index is 0.374. The monoisotopic (exact) mass is 254 g/mol. The molecule has 0 fully saturated rings. The van der Waals surface area contributed by atoms with Gasteiger partial charge in [0, 0.05) is 0 Å². The first-order valence-corrected chi connectivity index (χ1v) is 6.87. The van der Waals surface area contributed by atoms with E-state index in [1.807, 2.05) is 6.07 Å². The molecule has 1 N–H and O–H groups in total. The van der Waals surface area contributed by atoms with E-state index < -0.39 is 0 Å². The van der Waals surface area contributed by atoms with Crippen molar-refractivity contribution in [2.75, 3.05) is 0 Å². The Morgan fingerprint density at radius 2 is 1.68 bits per heavy atom. The van der Waals surface area contributed by atoms with E-state index in [2.05, 4.69) is 57.2 Å². The molecule has 2 rings (SSSR count). The minimum Gasteiger partial charge on any atom is -0.388 e. The van der Waals surface area contributed by atoms with E-state index in [0.29, 0.717) is 0 Å². The predicted molar refractivity (Wildman–Crippen MR) is 80.4 cm³/mol. The Labute approximate surface area is 115 Å². The Kier molecular flexibility index (Phi) is 4.39. The average molecular weight is 254 g/mol. The number of aryl methyl sites for hydroxylation is 4. The molecular weight excluding hydrogens is 232 g/mol. The quantitative estimate of drug-likeness (QED) is 0.863. The summed E-state index contributed by atoms with van der Waals surface area (Å²) in [4.78, 5) is 0. The van der Waals surface area contributed by atoms with Gasteiger partial charge in [0.2, 0.25) is 0 Å². The lowest BCUT2D eigenvalue weighted by atomic mass is 9.96. The number of rotatable bonds is 4. The zero-order valence-electron chi connectivity index (χ0n) is 12.0. The summed E-state index contributed by atoms with van der Waals surface area (Å²) in [5, 5.41) is 10.3. The Hall–Kier alpha value is -1.60. The molecule has 0 aliphatic heterocycles. The minimum atomic E-state index is -0.374. The van der Waals surface area contributed by atoms with Crippen molar-refractivity contribution in [3.8, 4) is 0 Å². The third-order valence-electron chi connectivity index (χ3n) is 3.57. The zero-order valence-corrected chi connectivity index (χ0v) is 12.0. The molecule has 0 radical (unpaired) electrons. The fraction of sp³-hybridized carbons (Fsp3) is 0.333. The summed E-state index contributed by atoms with van der Waals surface area (Å²) in [6.45, 7) is 6.25. The highest BCUT2D eigenvalue weighted by molar-refractivity contribution is 5.32. The number of benzene rings is 2. The van der Waals surface area contributed by atoms with Crippen LogP contribution in [0.15, 0.2) is 42.5 Å². The maximum Gasteiger partial charge on any atom is 0.0795 e. The average Bonchev–Trinajstić information content (AvgIpc) is 2.36. The highest BCUT2D eigenvalue weighted by Gasteiger charge is 2.10. The first-order chi connectivity index (χ1) is 9.06. The molecule has 0 aromatic heterocycles. The van der Waals surface area contributed by atoms with Gasteiger partial charge in [-0.05, 0) is 50.3 Å². The summed E-state index contributed by atoms with van der Waals surface area (Å²) in [6.07, 6.45) is 1.31. The normalized spacial score (nSPS) is 12.4. The Morgan fingerprint density at radius 1 is 0.947 bits per heavy atom. The summed E-state index contributed by atoms with van der Waals surface area (Å²) in [5.41, 5.74) is 6.05. The van der Waals surface area contributed by atoms with Gasteiger partial charge >= 0.3 is 0 Å². The summed E-state index contributed by atoms with van der Waals surface area (Å²) in [7, 11) is 0. The Morgan fingerprint density at radius 3 is 2.37 bits per heavy atom. The van der Waals surface area contributed by atoms with Crippen molar-refractivity contribution in [3.63, 3.8) is 0 Å². The first-order valence-electron chi connectivity index (χ1n) is 6.87. The van der Waals surface area contributed by atoms with Crippen LogP contribution in [0.1, 0.15) is 40.3 Å². The largest absolute Gasteiger partial charge is 0.388 e. The molecule has 0 saturated heterocycles. The van der Waals surface area contributed by atoms with Gasteiger partial charge in [-0.3, -0.25) is 0 Å². The molecule has 0 aliphatic carbocycles. The van der Waals surface area contributed by atoms with E-state index in [4.69, 9.17) is 0 Å². The van der Waals surface area contributed by atoms with Gasteiger partial charge in [-0.15, -0.1) is 0 Å². The molecule has 1 nitrogen and oxygen atoms in total. The second kappa shape index (κ2) is 6.03. The molecule has 0 heterocycles. The van der Waals surface area contributed by atoms with Gasteiger partial charge < -0.3 is 5.11 Å². The van der Waals surface area contributed by atoms with Crippen LogP contribution in [0.2, 0.25) is 0 Å². The molecule has 0 bridgehead atoms. The molecule has 2 aromatic carbocycles. The highest BCUT2D eigenvalue weighted by Crippen LogP contribution is 2.23. The van der Waals surface area contributed by atoms with Gasteiger partial charge in [-0.25, -0.2) is 0 Å². The Bertz CT molecular complexity index is 557. The van der Waals surface area contributed by atoms with Crippen LogP contribution >= 0.6 is 0 Å². The molecule has 1 unspecified atom stereocenters. The highest BCUT2D eigenvalue weighted by atomic mass is 16.3. The predicted octanol–water partition coefficient (Wildman–Crippen LogP) is 4.28. The van der Waals surface area contributed by atoms with Crippen LogP contribution in [0.5, 0.6) is 0 Å². The summed E-state index contributed by atoms with van der Waals surface area (Å²) < 4.78 is 0. The molecule has 0 saturated carbocycles. The summed E-state index contributed by atoms with van der Waals surface area (Å²) in [6, 6.07) is 14.7. The lowest BCUT2D eigenvalue weighted by Gasteiger charge is -2.14. The lowest BCUT2D eigenvalue weighted by molar-refractivity contribution is 0.167. The molecule has 19 heavy (non-hydrogen) atoms. The van der Waals surface area contributed by atoms with Gasteiger partial charge in [0.05, 0.1) is 6.10 Å². The van der Waals surface area contributed by atoms with Crippen LogP contribution < -0.4 is 0 Å². The van der Waals surface area contributed by atoms with Crippen molar-refractivity contribution in [2.45, 2.75) is 39.7 Å². The van der Waals surface area contributed by atoms with Gasteiger partial charge in [0.1, 0.15) is 0 Å². The van der Waals surface area contributed by atoms with Crippen molar-refractivity contribution < 1.29 is 5.11 Å². The molecular formula is C18H22O. The number of aliphatic hydroxyl groups excluding tert-OH is 1. The van der Waals surface area contributed by atoms with Crippen molar-refractivity contribution in [1.82, 2.24) is 0 Å². The topological polar surface area (TPSA) is 20.2 Å². The molecule has 100 valence electrons. The molecule has 0 spiro atoms. The van der Waals surface area contributed by atoms with Crippen molar-refractivity contribution in [2.24, 2.45) is 0 Å². The van der Waals surface area contributed by atoms with Crippen LogP contribution in [-0.4, -0.2) is 5.11 Å². The Balaban J connectivity index is 2.03. The van der Waals surface area contributed by atoms with Crippen LogP contribution in [0.3, 0.4) is 0 Å². The maximum atomic E-state index is 10.3. The second-order valence-electron chi connectivity index (χ2n) is 5.40. The smallest absolute Gasteiger partial charge is 0.0795 e. The van der Waals surface area contributed by atoms with Crippen LogP contribution in [0, 0.1) is 20.8 Å². The SMILES string of the molecule is Cc1cccc(CCC(O)c2ccc(C)cc2C)c1. The van der Waals surface area contributed by atoms with Gasteiger partial charge in [-0.1, -0.05) is 53.6 Å². The summed E-state index contributed by atoms with van der Waals surface area (Å²) in [5.74, 6) is 0. The lowest BCUT2D eigenvalue weighted by Crippen LogP contribution is -2.02. The van der Waals surface area contributed by atoms with Crippen LogP contribution in [0.25, 0.3) is 0 Å². The zero-order chi connectivity index (χ0) is 13.8. The van der Waals surface area contributed by atoms with Gasteiger partial charge in [0.25, 0.3) is 0 Å². The van der Waals surface area contributed by atoms with E-state index in [1.165, 1.54) is 22.3 Å². The second-order valence-corrected chi connectivity index (χ2v) is 5.40. The van der Waals surface area contributed by atoms with E-state index in [1.54, 1.807) is 0 Å². The van der Waals surface area contributed by atoms with Crippen molar-refractivity contribution in [1.29, 1.82) is 0 Å². The van der Waals surface area contributed by atoms with E-state index in [-0.39, 0.29) is 6.10 Å². The third-order valence-corrected chi connectivity index (χ3v) is 3.57. The molecule has 0 aliphatic rings. The van der Waals surface area contributed by atoms with Gasteiger partial charge in [0.15, 0.2) is 0 Å². The molecule has 1 heteroatoms. The van der Waals surface area contributed by atoms with E-state index in [0.717, 1.165) is 18.4 Å². The van der Waals surface area contributed by atoms with Gasteiger partial charge in [-0.2, -0.15) is 0 Å². The molecule has 1 atom stereocenters. The number of hydrogen-bond acceptors (Lipinski definition) is 1. The third kappa shape index (κ3) is 3.68. The van der Waals surface area contributed by atoms with Crippen LogP contribution in [-0.2, 0) is 6.42 Å². The number of hydrogen-bond donors (Lipinski definition) is 1. The number of aliphatic hydroxyl groups is 1. The molecule has 0 amide bonds. The fourth-order valence-electron chi connectivity index (χ4n) is 2.53. The van der Waals surface area contributed by atoms with E-state index >= 15 is 0 Å². The molecule has 2 aromatic rings. The standard InChI is InChI=1S/C18H22O/c1-13-5-4-6-16(12-13)8-10-18(19)17-9-7-14(2)11-15(17)3/h4-7,9,11-12,18-19H,8,10H2,1-3H3. The van der Waals surface area contributed by atoms with E-state index in [9.17, 15) is 5.11 Å². The fourth-order valence-corrected chi connectivity index (χ4v) is 2.53. The van der Waals surface area contributed by atoms with Crippen molar-refractivity contribution >= 4 is 0 Å². The van der Waals surface area contributed by atoms with Crippen molar-refractivity contribution in [3.05, 3.63) is 70.3 Å². The van der Waals surface area contributed by atoms with Crippen LogP contribution in [0.4, 0.5) is 0 Å². The summed E-state index contributed by atoms with van der Waals surface area (Å²) >= 11 is 0.